The number of aliphatic hydroxyl groups excluding tert-OH is 1. The van der Waals surface area contributed by atoms with Crippen molar-refractivity contribution in [2.45, 2.75) is 44.4 Å². The number of carbonyl (C=O) groups excluding carboxylic acids is 1. The minimum absolute atomic E-state index is 0.0170. The second-order valence-electron chi connectivity index (χ2n) is 6.40. The first-order valence-corrected chi connectivity index (χ1v) is 8.88. The number of hydrogen-bond donors (Lipinski definition) is 1. The lowest BCUT2D eigenvalue weighted by atomic mass is 9.77. The van der Waals surface area contributed by atoms with Crippen LogP contribution in [0.15, 0.2) is 30.5 Å². The monoisotopic (exact) mass is 381 g/mol. The van der Waals surface area contributed by atoms with Crippen LogP contribution >= 0.6 is 23.2 Å². The fourth-order valence-electron chi connectivity index (χ4n) is 3.40. The summed E-state index contributed by atoms with van der Waals surface area (Å²) in [6, 6.07) is 6.51. The Morgan fingerprint density at radius 2 is 2.20 bits per heavy atom. The van der Waals surface area contributed by atoms with Crippen LogP contribution in [0.25, 0.3) is 0 Å². The van der Waals surface area contributed by atoms with Gasteiger partial charge in [-0.05, 0) is 55.5 Å². The van der Waals surface area contributed by atoms with Gasteiger partial charge in [0.1, 0.15) is 0 Å². The van der Waals surface area contributed by atoms with Crippen molar-refractivity contribution >= 4 is 29.0 Å². The van der Waals surface area contributed by atoms with Gasteiger partial charge >= 0.3 is 0 Å². The lowest BCUT2D eigenvalue weighted by Crippen LogP contribution is -2.37. The maximum atomic E-state index is 15.5. The maximum Gasteiger partial charge on any atom is 0.195 e. The number of ketones is 1. The molecule has 3 rings (SSSR count). The van der Waals surface area contributed by atoms with Crippen molar-refractivity contribution < 1.29 is 14.3 Å². The van der Waals surface area contributed by atoms with Gasteiger partial charge in [-0.25, -0.2) is 4.39 Å². The van der Waals surface area contributed by atoms with E-state index in [-0.39, 0.29) is 30.5 Å². The number of alkyl halides is 1. The SMILES string of the molecule is Cc1cc(Cl)cc(Cl)c1CCC(=O)[C@]1(F)CC[C@H](O)c2ncccc21. The summed E-state index contributed by atoms with van der Waals surface area (Å²) in [6.45, 7) is 1.86. The molecule has 0 spiro atoms. The highest BCUT2D eigenvalue weighted by Crippen LogP contribution is 2.43. The molecule has 0 unspecified atom stereocenters. The second kappa shape index (κ2) is 7.02. The smallest absolute Gasteiger partial charge is 0.195 e. The van der Waals surface area contributed by atoms with Crippen LogP contribution in [0.1, 0.15) is 47.8 Å². The van der Waals surface area contributed by atoms with Gasteiger partial charge < -0.3 is 5.11 Å². The van der Waals surface area contributed by atoms with Crippen LogP contribution in [0.5, 0.6) is 0 Å². The zero-order valence-electron chi connectivity index (χ0n) is 13.7. The number of pyridine rings is 1. The van der Waals surface area contributed by atoms with Gasteiger partial charge in [-0.2, -0.15) is 0 Å². The molecule has 0 amide bonds. The van der Waals surface area contributed by atoms with Gasteiger partial charge in [-0.1, -0.05) is 29.3 Å². The summed E-state index contributed by atoms with van der Waals surface area (Å²) in [5.41, 5.74) is -0.0112. The van der Waals surface area contributed by atoms with Gasteiger partial charge in [0.05, 0.1) is 11.8 Å². The summed E-state index contributed by atoms with van der Waals surface area (Å²) < 4.78 is 15.5. The highest BCUT2D eigenvalue weighted by Gasteiger charge is 2.45. The van der Waals surface area contributed by atoms with E-state index in [0.717, 1.165) is 11.1 Å². The van der Waals surface area contributed by atoms with Crippen LogP contribution in [-0.2, 0) is 16.9 Å². The van der Waals surface area contributed by atoms with Crippen LogP contribution in [0.3, 0.4) is 0 Å². The van der Waals surface area contributed by atoms with Gasteiger partial charge in [0.2, 0.25) is 0 Å². The summed E-state index contributed by atoms with van der Waals surface area (Å²) >= 11 is 12.2. The Labute approximate surface area is 155 Å². The molecule has 0 saturated carbocycles. The number of benzene rings is 1. The normalized spacial score (nSPS) is 22.5. The molecule has 6 heteroatoms. The number of Topliss-reactive ketones (excluding diaryl/α,β-unsaturated/α-hetero) is 1. The molecule has 2 atom stereocenters. The van der Waals surface area contributed by atoms with E-state index in [2.05, 4.69) is 4.98 Å². The van der Waals surface area contributed by atoms with Crippen molar-refractivity contribution in [1.82, 2.24) is 4.98 Å². The van der Waals surface area contributed by atoms with Crippen molar-refractivity contribution in [3.63, 3.8) is 0 Å². The summed E-state index contributed by atoms with van der Waals surface area (Å²) in [5.74, 6) is -0.515. The molecule has 25 heavy (non-hydrogen) atoms. The van der Waals surface area contributed by atoms with E-state index in [1.807, 2.05) is 6.92 Å². The summed E-state index contributed by atoms with van der Waals surface area (Å²) in [7, 11) is 0. The van der Waals surface area contributed by atoms with E-state index in [4.69, 9.17) is 23.2 Å². The van der Waals surface area contributed by atoms with Gasteiger partial charge in [-0.3, -0.25) is 9.78 Å². The third-order valence-corrected chi connectivity index (χ3v) is 5.33. The molecule has 0 bridgehead atoms. The maximum absolute atomic E-state index is 15.5. The zero-order valence-corrected chi connectivity index (χ0v) is 15.2. The Morgan fingerprint density at radius 1 is 1.44 bits per heavy atom. The van der Waals surface area contributed by atoms with E-state index in [9.17, 15) is 9.90 Å². The Balaban J connectivity index is 1.84. The average Bonchev–Trinajstić information content (AvgIpc) is 2.57. The van der Waals surface area contributed by atoms with Crippen LogP contribution in [0.4, 0.5) is 4.39 Å². The molecule has 3 nitrogen and oxygen atoms in total. The van der Waals surface area contributed by atoms with Crippen LogP contribution in [0, 0.1) is 6.92 Å². The fraction of sp³-hybridized carbons (Fsp3) is 0.368. The van der Waals surface area contributed by atoms with E-state index in [1.54, 1.807) is 18.2 Å². The molecular weight excluding hydrogens is 364 g/mol. The fourth-order valence-corrected chi connectivity index (χ4v) is 4.09. The standard InChI is InChI=1S/C19H18Cl2FNO2/c1-11-9-12(20)10-15(21)13(11)4-5-17(25)19(22)7-6-16(24)18-14(19)3-2-8-23-18/h2-3,8-10,16,24H,4-7H2,1H3/t16-,19-/m0/s1. The first-order chi connectivity index (χ1) is 11.8. The number of nitrogens with zero attached hydrogens (tertiary/aromatic N) is 1. The van der Waals surface area contributed by atoms with Gasteiger partial charge in [0.25, 0.3) is 0 Å². The number of rotatable bonds is 4. The van der Waals surface area contributed by atoms with Crippen LogP contribution in [0.2, 0.25) is 10.0 Å². The van der Waals surface area contributed by atoms with E-state index >= 15 is 4.39 Å². The molecule has 132 valence electrons. The Morgan fingerprint density at radius 3 is 2.92 bits per heavy atom. The molecule has 0 aliphatic heterocycles. The van der Waals surface area contributed by atoms with E-state index in [1.165, 1.54) is 12.3 Å². The van der Waals surface area contributed by atoms with Gasteiger partial charge in [-0.15, -0.1) is 0 Å². The van der Waals surface area contributed by atoms with E-state index in [0.29, 0.717) is 16.5 Å². The number of hydrogen-bond acceptors (Lipinski definition) is 3. The molecule has 0 radical (unpaired) electrons. The van der Waals surface area contributed by atoms with Crippen molar-refractivity contribution in [3.8, 4) is 0 Å². The first kappa shape index (κ1) is 18.3. The highest BCUT2D eigenvalue weighted by atomic mass is 35.5. The number of aryl methyl sites for hydroxylation is 1. The van der Waals surface area contributed by atoms with Gasteiger partial charge in [0, 0.05) is 28.2 Å². The highest BCUT2D eigenvalue weighted by molar-refractivity contribution is 6.35. The van der Waals surface area contributed by atoms with Crippen LogP contribution in [-0.4, -0.2) is 15.9 Å². The Hall–Kier alpha value is -1.49. The molecule has 0 fully saturated rings. The molecule has 1 N–H and O–H groups in total. The first-order valence-electron chi connectivity index (χ1n) is 8.13. The topological polar surface area (TPSA) is 50.2 Å². The lowest BCUT2D eigenvalue weighted by Gasteiger charge is -2.32. The summed E-state index contributed by atoms with van der Waals surface area (Å²) in [4.78, 5) is 16.8. The minimum Gasteiger partial charge on any atom is -0.387 e. The number of fused-ring (bicyclic) bond motifs is 1. The van der Waals surface area contributed by atoms with Crippen molar-refractivity contribution in [1.29, 1.82) is 0 Å². The van der Waals surface area contributed by atoms with Crippen LogP contribution < -0.4 is 0 Å². The van der Waals surface area contributed by atoms with Crippen molar-refractivity contribution in [2.75, 3.05) is 0 Å². The largest absolute Gasteiger partial charge is 0.387 e. The number of carbonyl (C=O) groups is 1. The molecule has 0 saturated heterocycles. The van der Waals surface area contributed by atoms with Crippen molar-refractivity contribution in [3.05, 3.63) is 62.9 Å². The molecular formula is C19H18Cl2FNO2. The quantitative estimate of drug-likeness (QED) is 0.819. The number of halogens is 3. The summed E-state index contributed by atoms with van der Waals surface area (Å²) in [5, 5.41) is 11.0. The molecule has 1 aliphatic carbocycles. The summed E-state index contributed by atoms with van der Waals surface area (Å²) in [6.07, 6.45) is 1.15. The lowest BCUT2D eigenvalue weighted by molar-refractivity contribution is -0.133. The molecule has 1 aliphatic rings. The predicted octanol–water partition coefficient (Wildman–Crippen LogP) is 4.89. The number of aromatic nitrogens is 1. The molecule has 1 heterocycles. The minimum atomic E-state index is -2.12. The van der Waals surface area contributed by atoms with Crippen molar-refractivity contribution in [2.24, 2.45) is 0 Å². The van der Waals surface area contributed by atoms with E-state index < -0.39 is 17.6 Å². The zero-order chi connectivity index (χ0) is 18.2. The number of aliphatic hydroxyl groups is 1. The predicted molar refractivity (Wildman–Crippen MR) is 95.7 cm³/mol. The second-order valence-corrected chi connectivity index (χ2v) is 7.24. The average molecular weight is 382 g/mol. The third kappa shape index (κ3) is 3.43. The van der Waals surface area contributed by atoms with Gasteiger partial charge in [0.15, 0.2) is 11.5 Å². The third-order valence-electron chi connectivity index (χ3n) is 4.77. The molecule has 2 aromatic rings. The Kier molecular flexibility index (Phi) is 5.14. The Bertz CT molecular complexity index is 804. The molecule has 1 aromatic heterocycles. The molecule has 1 aromatic carbocycles.